The van der Waals surface area contributed by atoms with E-state index in [-0.39, 0.29) is 5.75 Å². The van der Waals surface area contributed by atoms with E-state index in [1.807, 2.05) is 4.68 Å². The fraction of sp³-hybridized carbons (Fsp3) is 0.692. The van der Waals surface area contributed by atoms with Crippen LogP contribution in [0.3, 0.4) is 0 Å². The molecule has 1 heterocycles. The number of aliphatic carboxylic acids is 1. The molecule has 0 bridgehead atoms. The minimum atomic E-state index is -0.773. The first kappa shape index (κ1) is 13.5. The van der Waals surface area contributed by atoms with Gasteiger partial charge in [-0.3, -0.25) is 9.48 Å². The maximum atomic E-state index is 10.7. The van der Waals surface area contributed by atoms with E-state index in [0.29, 0.717) is 12.0 Å². The molecule has 0 amide bonds. The highest BCUT2D eigenvalue weighted by molar-refractivity contribution is 7.99. The second-order valence-electron chi connectivity index (χ2n) is 4.78. The van der Waals surface area contributed by atoms with Gasteiger partial charge in [-0.25, -0.2) is 0 Å². The van der Waals surface area contributed by atoms with E-state index in [1.165, 1.54) is 24.6 Å². The van der Waals surface area contributed by atoms with Crippen LogP contribution in [-0.4, -0.2) is 26.6 Å². The van der Waals surface area contributed by atoms with Gasteiger partial charge < -0.3 is 5.11 Å². The first-order chi connectivity index (χ1) is 8.65. The van der Waals surface area contributed by atoms with Gasteiger partial charge in [-0.2, -0.15) is 5.10 Å². The lowest BCUT2D eigenvalue weighted by Crippen LogP contribution is -2.11. The van der Waals surface area contributed by atoms with Crippen LogP contribution < -0.4 is 0 Å². The lowest BCUT2D eigenvalue weighted by atomic mass is 10.2. The van der Waals surface area contributed by atoms with Crippen molar-refractivity contribution in [2.45, 2.75) is 56.5 Å². The topological polar surface area (TPSA) is 55.1 Å². The third-order valence-electron chi connectivity index (χ3n) is 3.35. The number of carboxylic acids is 1. The van der Waals surface area contributed by atoms with Gasteiger partial charge in [0.2, 0.25) is 0 Å². The van der Waals surface area contributed by atoms with Gasteiger partial charge in [0.25, 0.3) is 0 Å². The molecule has 1 saturated carbocycles. The van der Waals surface area contributed by atoms with E-state index in [0.717, 1.165) is 23.6 Å². The van der Waals surface area contributed by atoms with Crippen LogP contribution in [0, 0.1) is 0 Å². The molecule has 4 nitrogen and oxygen atoms in total. The van der Waals surface area contributed by atoms with E-state index in [4.69, 9.17) is 10.2 Å². The van der Waals surface area contributed by atoms with Crippen molar-refractivity contribution in [2.24, 2.45) is 0 Å². The molecule has 0 atom stereocenters. The molecule has 2 rings (SSSR count). The lowest BCUT2D eigenvalue weighted by molar-refractivity contribution is -0.133. The number of carbonyl (C=O) groups is 1. The number of nitrogens with zero attached hydrogens (tertiary/aromatic N) is 2. The highest BCUT2D eigenvalue weighted by atomic mass is 32.2. The van der Waals surface area contributed by atoms with Crippen molar-refractivity contribution < 1.29 is 9.90 Å². The second-order valence-corrected chi connectivity index (χ2v) is 5.77. The maximum Gasteiger partial charge on any atom is 0.313 e. The van der Waals surface area contributed by atoms with Crippen LogP contribution in [0.1, 0.15) is 57.2 Å². The van der Waals surface area contributed by atoms with Gasteiger partial charge in [0, 0.05) is 5.92 Å². The van der Waals surface area contributed by atoms with E-state index in [1.54, 1.807) is 0 Å². The zero-order valence-corrected chi connectivity index (χ0v) is 11.7. The summed E-state index contributed by atoms with van der Waals surface area (Å²) in [4.78, 5) is 10.7. The van der Waals surface area contributed by atoms with Crippen molar-refractivity contribution >= 4 is 17.7 Å². The summed E-state index contributed by atoms with van der Waals surface area (Å²) in [6, 6.07) is 2.47. The molecule has 0 spiro atoms. The highest BCUT2D eigenvalue weighted by Gasteiger charge is 2.28. The van der Waals surface area contributed by atoms with Crippen molar-refractivity contribution in [3.63, 3.8) is 0 Å². The summed E-state index contributed by atoms with van der Waals surface area (Å²) < 4.78 is 2.04. The standard InChI is InChI=1S/C13H20N2O2S/c1-3-10(4-2)15-12(18-8-13(16)17)7-11(14-15)9-5-6-9/h7,9-10H,3-6,8H2,1-2H3,(H,16,17). The average molecular weight is 268 g/mol. The maximum absolute atomic E-state index is 10.7. The number of aromatic nitrogens is 2. The third-order valence-corrected chi connectivity index (χ3v) is 4.34. The summed E-state index contributed by atoms with van der Waals surface area (Å²) in [7, 11) is 0. The van der Waals surface area contributed by atoms with Crippen molar-refractivity contribution in [1.29, 1.82) is 0 Å². The molecule has 5 heteroatoms. The Morgan fingerprint density at radius 1 is 1.56 bits per heavy atom. The average Bonchev–Trinajstić information content (AvgIpc) is 3.11. The van der Waals surface area contributed by atoms with Crippen molar-refractivity contribution in [1.82, 2.24) is 9.78 Å². The predicted molar refractivity (Wildman–Crippen MR) is 72.2 cm³/mol. The number of rotatable bonds is 7. The summed E-state index contributed by atoms with van der Waals surface area (Å²) in [5, 5.41) is 14.5. The molecule has 1 aromatic rings. The Morgan fingerprint density at radius 3 is 2.72 bits per heavy atom. The number of carboxylic acid groups (broad SMARTS) is 1. The minimum Gasteiger partial charge on any atom is -0.481 e. The first-order valence-electron chi connectivity index (χ1n) is 6.59. The molecule has 0 saturated heterocycles. The van der Waals surface area contributed by atoms with Crippen molar-refractivity contribution in [3.8, 4) is 0 Å². The van der Waals surface area contributed by atoms with Crippen LogP contribution in [-0.2, 0) is 4.79 Å². The van der Waals surface area contributed by atoms with Crippen LogP contribution in [0.25, 0.3) is 0 Å². The van der Waals surface area contributed by atoms with Crippen molar-refractivity contribution in [3.05, 3.63) is 11.8 Å². The highest BCUT2D eigenvalue weighted by Crippen LogP contribution is 2.41. The molecule has 100 valence electrons. The third kappa shape index (κ3) is 3.07. The first-order valence-corrected chi connectivity index (χ1v) is 7.58. The van der Waals surface area contributed by atoms with Gasteiger partial charge in [-0.1, -0.05) is 25.6 Å². The van der Waals surface area contributed by atoms with Crippen LogP contribution >= 0.6 is 11.8 Å². The van der Waals surface area contributed by atoms with Gasteiger partial charge in [-0.15, -0.1) is 0 Å². The number of hydrogen-bond acceptors (Lipinski definition) is 3. The molecule has 1 fully saturated rings. The fourth-order valence-electron chi connectivity index (χ4n) is 2.11. The quantitative estimate of drug-likeness (QED) is 0.771. The summed E-state index contributed by atoms with van der Waals surface area (Å²) in [6.07, 6.45) is 4.51. The van der Waals surface area contributed by atoms with E-state index >= 15 is 0 Å². The predicted octanol–water partition coefficient (Wildman–Crippen LogP) is 3.30. The summed E-state index contributed by atoms with van der Waals surface area (Å²) in [6.45, 7) is 4.30. The summed E-state index contributed by atoms with van der Waals surface area (Å²) in [5.74, 6) is -0.0503. The molecule has 1 aliphatic carbocycles. The second kappa shape index (κ2) is 5.78. The smallest absolute Gasteiger partial charge is 0.313 e. The van der Waals surface area contributed by atoms with Crippen LogP contribution in [0.2, 0.25) is 0 Å². The number of hydrogen-bond donors (Lipinski definition) is 1. The van der Waals surface area contributed by atoms with E-state index in [9.17, 15) is 4.79 Å². The van der Waals surface area contributed by atoms with E-state index < -0.39 is 5.97 Å². The molecule has 0 aromatic carbocycles. The van der Waals surface area contributed by atoms with E-state index in [2.05, 4.69) is 19.9 Å². The number of thioether (sulfide) groups is 1. The molecule has 1 aliphatic rings. The van der Waals surface area contributed by atoms with Gasteiger partial charge in [0.05, 0.1) is 22.5 Å². The normalized spacial score (nSPS) is 15.3. The largest absolute Gasteiger partial charge is 0.481 e. The SMILES string of the molecule is CCC(CC)n1nc(C2CC2)cc1SCC(=O)O. The molecule has 1 N–H and O–H groups in total. The molecule has 0 unspecified atom stereocenters. The molecular weight excluding hydrogens is 248 g/mol. The summed E-state index contributed by atoms with van der Waals surface area (Å²) in [5.41, 5.74) is 1.15. The van der Waals surface area contributed by atoms with Crippen LogP contribution in [0.15, 0.2) is 11.1 Å². The van der Waals surface area contributed by atoms with Crippen LogP contribution in [0.4, 0.5) is 0 Å². The fourth-order valence-corrected chi connectivity index (χ4v) is 2.91. The zero-order chi connectivity index (χ0) is 13.1. The van der Waals surface area contributed by atoms with Crippen LogP contribution in [0.5, 0.6) is 0 Å². The Morgan fingerprint density at radius 2 is 2.22 bits per heavy atom. The Balaban J connectivity index is 2.20. The van der Waals surface area contributed by atoms with Gasteiger partial charge in [0.1, 0.15) is 0 Å². The van der Waals surface area contributed by atoms with Gasteiger partial charge in [0.15, 0.2) is 0 Å². The molecule has 1 aromatic heterocycles. The zero-order valence-electron chi connectivity index (χ0n) is 10.9. The lowest BCUT2D eigenvalue weighted by Gasteiger charge is -2.15. The van der Waals surface area contributed by atoms with Crippen molar-refractivity contribution in [2.75, 3.05) is 5.75 Å². The molecule has 18 heavy (non-hydrogen) atoms. The molecule has 0 aliphatic heterocycles. The Kier molecular flexibility index (Phi) is 4.32. The van der Waals surface area contributed by atoms with Gasteiger partial charge >= 0.3 is 5.97 Å². The molecular formula is C13H20N2O2S. The Hall–Kier alpha value is -0.970. The Labute approximate surface area is 112 Å². The van der Waals surface area contributed by atoms with Gasteiger partial charge in [-0.05, 0) is 31.7 Å². The molecule has 0 radical (unpaired) electrons. The minimum absolute atomic E-state index is 0.107. The summed E-state index contributed by atoms with van der Waals surface area (Å²) >= 11 is 1.38. The monoisotopic (exact) mass is 268 g/mol. The Bertz CT molecular complexity index is 423.